The maximum absolute atomic E-state index is 12.9. The van der Waals surface area contributed by atoms with Gasteiger partial charge in [-0.05, 0) is 87.2 Å². The molecule has 1 amide bonds. The Morgan fingerprint density at radius 2 is 2.12 bits per heavy atom. The molecule has 1 aliphatic heterocycles. The van der Waals surface area contributed by atoms with E-state index in [1.54, 1.807) is 25.3 Å². The van der Waals surface area contributed by atoms with Crippen LogP contribution in [0.15, 0.2) is 40.9 Å². The van der Waals surface area contributed by atoms with Crippen LogP contribution in [-0.2, 0) is 12.8 Å². The first kappa shape index (κ1) is 24.6. The minimum Gasteiger partial charge on any atom is -0.496 e. The second-order valence-electron chi connectivity index (χ2n) is 8.04. The fraction of sp³-hybridized carbons (Fsp3) is 0.417. The molecule has 0 radical (unpaired) electrons. The van der Waals surface area contributed by atoms with Crippen LogP contribution in [0.2, 0.25) is 5.02 Å². The number of benzene rings is 2. The third-order valence-corrected chi connectivity index (χ3v) is 6.79. The van der Waals surface area contributed by atoms with E-state index in [1.165, 1.54) is 12.8 Å². The number of methoxy groups -OCH3 is 1. The highest BCUT2D eigenvalue weighted by atomic mass is 79.9. The fourth-order valence-electron chi connectivity index (χ4n) is 4.16. The summed E-state index contributed by atoms with van der Waals surface area (Å²) in [6, 6.07) is 11.7. The summed E-state index contributed by atoms with van der Waals surface area (Å²) in [5.74, 6) is 0.472. The maximum Gasteiger partial charge on any atom is 0.258 e. The summed E-state index contributed by atoms with van der Waals surface area (Å²) in [5, 5.41) is 14.3. The number of aryl methyl sites for hydroxylation is 1. The van der Waals surface area contributed by atoms with Crippen LogP contribution in [0.1, 0.15) is 40.7 Å². The average molecular weight is 522 g/mol. The molecule has 0 bridgehead atoms. The van der Waals surface area contributed by atoms with Crippen molar-refractivity contribution in [2.45, 2.75) is 38.1 Å². The van der Waals surface area contributed by atoms with Crippen LogP contribution in [0.5, 0.6) is 5.75 Å². The molecule has 1 heterocycles. The van der Waals surface area contributed by atoms with E-state index < -0.39 is 0 Å². The minimum atomic E-state index is -0.334. The number of hydrogen-bond donors (Lipinski definition) is 3. The molecule has 8 heteroatoms. The predicted molar refractivity (Wildman–Crippen MR) is 133 cm³/mol. The molecule has 1 fully saturated rings. The zero-order chi connectivity index (χ0) is 23.1. The van der Waals surface area contributed by atoms with Crippen molar-refractivity contribution >= 4 is 39.4 Å². The molecule has 1 atom stereocenters. The first-order valence-corrected chi connectivity index (χ1v) is 12.0. The molecule has 1 aliphatic rings. The normalized spacial score (nSPS) is 16.1. The SMILES string of the molecule is COc1ccc(Br)cc1CCc1c(Cl)cccc1C(=O)NC(=N)NCCC1CCCN1C. The summed E-state index contributed by atoms with van der Waals surface area (Å²) in [4.78, 5) is 15.2. The number of carbonyl (C=O) groups is 1. The molecule has 0 aliphatic carbocycles. The number of likely N-dealkylation sites (tertiary alicyclic amines) is 1. The summed E-state index contributed by atoms with van der Waals surface area (Å²) < 4.78 is 6.42. The summed E-state index contributed by atoms with van der Waals surface area (Å²) in [5.41, 5.74) is 2.27. The van der Waals surface area contributed by atoms with Gasteiger partial charge in [-0.3, -0.25) is 15.5 Å². The minimum absolute atomic E-state index is 0.00948. The Balaban J connectivity index is 1.61. The van der Waals surface area contributed by atoms with E-state index in [0.717, 1.165) is 34.3 Å². The van der Waals surface area contributed by atoms with Crippen molar-refractivity contribution in [2.24, 2.45) is 0 Å². The Bertz CT molecular complexity index is 969. The lowest BCUT2D eigenvalue weighted by atomic mass is 9.98. The zero-order valence-electron chi connectivity index (χ0n) is 18.5. The van der Waals surface area contributed by atoms with Gasteiger partial charge in [0.25, 0.3) is 5.91 Å². The van der Waals surface area contributed by atoms with Crippen LogP contribution in [0.4, 0.5) is 0 Å². The number of nitrogens with one attached hydrogen (secondary N) is 3. The Morgan fingerprint density at radius 1 is 1.31 bits per heavy atom. The molecule has 6 nitrogen and oxygen atoms in total. The number of carbonyl (C=O) groups excluding carboxylic acids is 1. The fourth-order valence-corrected chi connectivity index (χ4v) is 4.84. The lowest BCUT2D eigenvalue weighted by molar-refractivity contribution is 0.0974. The molecule has 0 spiro atoms. The predicted octanol–water partition coefficient (Wildman–Crippen LogP) is 4.63. The van der Waals surface area contributed by atoms with Gasteiger partial charge in [0.2, 0.25) is 0 Å². The third kappa shape index (κ3) is 6.47. The molecule has 3 N–H and O–H groups in total. The van der Waals surface area contributed by atoms with E-state index in [0.29, 0.717) is 36.0 Å². The number of nitrogens with zero attached hydrogens (tertiary/aromatic N) is 1. The number of rotatable bonds is 8. The van der Waals surface area contributed by atoms with Gasteiger partial charge in [-0.15, -0.1) is 0 Å². The highest BCUT2D eigenvalue weighted by Gasteiger charge is 2.20. The standard InChI is InChI=1S/C24H30BrClN4O2/c1-30-14-4-5-18(30)12-13-28-24(27)29-23(31)20-6-3-7-21(26)19(20)10-8-16-15-17(25)9-11-22(16)32-2/h3,6-7,9,11,15,18H,4-5,8,10,12-14H2,1-2H3,(H3,27,28,29,31). The van der Waals surface area contributed by atoms with Crippen LogP contribution >= 0.6 is 27.5 Å². The van der Waals surface area contributed by atoms with Crippen LogP contribution in [-0.4, -0.2) is 50.1 Å². The van der Waals surface area contributed by atoms with E-state index in [1.807, 2.05) is 18.2 Å². The van der Waals surface area contributed by atoms with Crippen molar-refractivity contribution in [3.63, 3.8) is 0 Å². The Hall–Kier alpha value is -2.09. The van der Waals surface area contributed by atoms with Gasteiger partial charge in [0.15, 0.2) is 5.96 Å². The molecular weight excluding hydrogens is 492 g/mol. The average Bonchev–Trinajstić information content (AvgIpc) is 3.17. The molecule has 2 aromatic carbocycles. The first-order valence-electron chi connectivity index (χ1n) is 10.8. The van der Waals surface area contributed by atoms with Crippen molar-refractivity contribution in [3.05, 3.63) is 62.6 Å². The quantitative estimate of drug-likeness (QED) is 0.349. The van der Waals surface area contributed by atoms with Gasteiger partial charge in [0.05, 0.1) is 7.11 Å². The van der Waals surface area contributed by atoms with E-state index >= 15 is 0 Å². The van der Waals surface area contributed by atoms with Gasteiger partial charge in [0, 0.05) is 27.6 Å². The summed E-state index contributed by atoms with van der Waals surface area (Å²) in [7, 11) is 3.78. The molecule has 0 aromatic heterocycles. The number of halogens is 2. The second-order valence-corrected chi connectivity index (χ2v) is 9.37. The van der Waals surface area contributed by atoms with E-state index in [2.05, 4.69) is 38.5 Å². The van der Waals surface area contributed by atoms with Crippen molar-refractivity contribution in [3.8, 4) is 5.75 Å². The highest BCUT2D eigenvalue weighted by molar-refractivity contribution is 9.10. The molecular formula is C24H30BrClN4O2. The lowest BCUT2D eigenvalue weighted by Crippen LogP contribution is -2.42. The molecule has 1 unspecified atom stereocenters. The van der Waals surface area contributed by atoms with Gasteiger partial charge in [0.1, 0.15) is 5.75 Å². The monoisotopic (exact) mass is 520 g/mol. The number of ether oxygens (including phenoxy) is 1. The van der Waals surface area contributed by atoms with Gasteiger partial charge in [-0.2, -0.15) is 0 Å². The number of guanidine groups is 1. The van der Waals surface area contributed by atoms with Crippen LogP contribution in [0.25, 0.3) is 0 Å². The van der Waals surface area contributed by atoms with Crippen molar-refractivity contribution in [1.82, 2.24) is 15.5 Å². The summed E-state index contributed by atoms with van der Waals surface area (Å²) in [6.45, 7) is 1.78. The molecule has 1 saturated heterocycles. The highest BCUT2D eigenvalue weighted by Crippen LogP contribution is 2.27. The Morgan fingerprint density at radius 3 is 2.84 bits per heavy atom. The largest absolute Gasteiger partial charge is 0.496 e. The topological polar surface area (TPSA) is 77.4 Å². The van der Waals surface area contributed by atoms with Gasteiger partial charge in [-0.25, -0.2) is 0 Å². The van der Waals surface area contributed by atoms with E-state index in [4.69, 9.17) is 21.7 Å². The van der Waals surface area contributed by atoms with Crippen LogP contribution < -0.4 is 15.4 Å². The maximum atomic E-state index is 12.9. The molecule has 0 saturated carbocycles. The van der Waals surface area contributed by atoms with Crippen molar-refractivity contribution in [2.75, 3.05) is 27.2 Å². The number of hydrogen-bond acceptors (Lipinski definition) is 4. The molecule has 3 rings (SSSR count). The Kier molecular flexibility index (Phi) is 8.96. The lowest BCUT2D eigenvalue weighted by Gasteiger charge is -2.20. The number of amides is 1. The molecule has 172 valence electrons. The van der Waals surface area contributed by atoms with E-state index in [-0.39, 0.29) is 11.9 Å². The van der Waals surface area contributed by atoms with E-state index in [9.17, 15) is 4.79 Å². The van der Waals surface area contributed by atoms with Crippen LogP contribution in [0, 0.1) is 5.41 Å². The van der Waals surface area contributed by atoms with Gasteiger partial charge >= 0.3 is 0 Å². The zero-order valence-corrected chi connectivity index (χ0v) is 20.9. The Labute approximate surface area is 203 Å². The summed E-state index contributed by atoms with van der Waals surface area (Å²) >= 11 is 9.95. The van der Waals surface area contributed by atoms with Crippen molar-refractivity contribution in [1.29, 1.82) is 5.41 Å². The van der Waals surface area contributed by atoms with Gasteiger partial charge in [-0.1, -0.05) is 33.6 Å². The molecule has 2 aromatic rings. The third-order valence-electron chi connectivity index (χ3n) is 5.94. The first-order chi connectivity index (χ1) is 15.4. The smallest absolute Gasteiger partial charge is 0.258 e. The van der Waals surface area contributed by atoms with Crippen LogP contribution in [0.3, 0.4) is 0 Å². The second kappa shape index (κ2) is 11.7. The summed E-state index contributed by atoms with van der Waals surface area (Å²) in [6.07, 6.45) is 4.60. The van der Waals surface area contributed by atoms with Gasteiger partial charge < -0.3 is 15.0 Å². The van der Waals surface area contributed by atoms with Crippen molar-refractivity contribution < 1.29 is 9.53 Å². The molecule has 32 heavy (non-hydrogen) atoms.